The van der Waals surface area contributed by atoms with E-state index in [0.29, 0.717) is 26.3 Å². The molecule has 0 unspecified atom stereocenters. The Morgan fingerprint density at radius 1 is 1.22 bits per heavy atom. The third-order valence-corrected chi connectivity index (χ3v) is 3.99. The summed E-state index contributed by atoms with van der Waals surface area (Å²) in [6, 6.07) is 10.5. The first kappa shape index (κ1) is 17.6. The number of hydrogen-bond donors (Lipinski definition) is 1. The summed E-state index contributed by atoms with van der Waals surface area (Å²) in [5.74, 6) is -0.370. The largest absolute Gasteiger partial charge is 0.386 e. The molecule has 0 radical (unpaired) electrons. The number of hydrogen-bond acceptors (Lipinski definition) is 3. The van der Waals surface area contributed by atoms with E-state index in [1.54, 1.807) is 30.3 Å². The molecule has 0 saturated carbocycles. The third-order valence-electron chi connectivity index (χ3n) is 2.84. The van der Waals surface area contributed by atoms with E-state index in [-0.39, 0.29) is 12.5 Å². The lowest BCUT2D eigenvalue weighted by Gasteiger charge is -2.07. The minimum atomic E-state index is -0.370. The van der Waals surface area contributed by atoms with E-state index in [1.807, 2.05) is 13.0 Å². The third kappa shape index (κ3) is 5.13. The molecule has 0 aliphatic heterocycles. The Morgan fingerprint density at radius 2 is 2.00 bits per heavy atom. The Hall–Kier alpha value is -1.75. The van der Waals surface area contributed by atoms with Gasteiger partial charge < -0.3 is 10.2 Å². The van der Waals surface area contributed by atoms with Gasteiger partial charge in [0, 0.05) is 5.56 Å². The summed E-state index contributed by atoms with van der Waals surface area (Å²) in [5, 5.41) is 7.60. The first-order valence-corrected chi connectivity index (χ1v) is 7.76. The van der Waals surface area contributed by atoms with Crippen LogP contribution in [0, 0.1) is 6.92 Å². The second-order valence-corrected chi connectivity index (χ2v) is 5.87. The molecule has 0 bridgehead atoms. The van der Waals surface area contributed by atoms with Crippen LogP contribution in [0.4, 0.5) is 5.69 Å². The SMILES string of the molecule is Cc1ccc(NC(=O)CO/N=C\c2cccc(Cl)c2Cl)c(Cl)c1. The van der Waals surface area contributed by atoms with Crippen molar-refractivity contribution in [3.8, 4) is 0 Å². The zero-order chi connectivity index (χ0) is 16.8. The lowest BCUT2D eigenvalue weighted by atomic mass is 10.2. The fourth-order valence-corrected chi connectivity index (χ4v) is 2.36. The maximum atomic E-state index is 11.8. The summed E-state index contributed by atoms with van der Waals surface area (Å²) in [5.41, 5.74) is 2.13. The van der Waals surface area contributed by atoms with Crippen LogP contribution in [-0.4, -0.2) is 18.7 Å². The molecule has 0 spiro atoms. The number of nitrogens with zero attached hydrogens (tertiary/aromatic N) is 1. The molecule has 4 nitrogen and oxygen atoms in total. The van der Waals surface area contributed by atoms with Gasteiger partial charge in [0.1, 0.15) is 0 Å². The highest BCUT2D eigenvalue weighted by atomic mass is 35.5. The number of nitrogens with one attached hydrogen (secondary N) is 1. The van der Waals surface area contributed by atoms with Gasteiger partial charge in [-0.15, -0.1) is 0 Å². The molecule has 0 heterocycles. The first-order chi connectivity index (χ1) is 11.0. The van der Waals surface area contributed by atoms with Gasteiger partial charge in [-0.05, 0) is 30.7 Å². The fraction of sp³-hybridized carbons (Fsp3) is 0.125. The number of benzene rings is 2. The van der Waals surface area contributed by atoms with Gasteiger partial charge >= 0.3 is 0 Å². The number of carbonyl (C=O) groups excluding carboxylic acids is 1. The molecule has 7 heteroatoms. The minimum Gasteiger partial charge on any atom is -0.386 e. The van der Waals surface area contributed by atoms with Gasteiger partial charge in [0.15, 0.2) is 6.61 Å². The molecule has 0 saturated heterocycles. The Labute approximate surface area is 149 Å². The monoisotopic (exact) mass is 370 g/mol. The summed E-state index contributed by atoms with van der Waals surface area (Å²) in [6.45, 7) is 1.66. The van der Waals surface area contributed by atoms with Crippen LogP contribution < -0.4 is 5.32 Å². The van der Waals surface area contributed by atoms with Crippen LogP contribution in [0.3, 0.4) is 0 Å². The minimum absolute atomic E-state index is 0.251. The molecular weight excluding hydrogens is 359 g/mol. The van der Waals surface area contributed by atoms with Crippen LogP contribution in [0.2, 0.25) is 15.1 Å². The van der Waals surface area contributed by atoms with Crippen molar-refractivity contribution in [2.45, 2.75) is 6.92 Å². The molecule has 0 aliphatic rings. The highest BCUT2D eigenvalue weighted by Crippen LogP contribution is 2.24. The molecule has 2 aromatic carbocycles. The molecule has 120 valence electrons. The van der Waals surface area contributed by atoms with Crippen LogP contribution in [-0.2, 0) is 9.63 Å². The second-order valence-electron chi connectivity index (χ2n) is 4.68. The van der Waals surface area contributed by atoms with E-state index in [4.69, 9.17) is 39.6 Å². The van der Waals surface area contributed by atoms with Crippen molar-refractivity contribution >= 4 is 52.6 Å². The van der Waals surface area contributed by atoms with Crippen LogP contribution in [0.15, 0.2) is 41.6 Å². The van der Waals surface area contributed by atoms with Crippen LogP contribution in [0.25, 0.3) is 0 Å². The smallest absolute Gasteiger partial charge is 0.265 e. The number of halogens is 3. The molecule has 0 fully saturated rings. The number of rotatable bonds is 5. The second kappa shape index (κ2) is 8.20. The summed E-state index contributed by atoms with van der Waals surface area (Å²) < 4.78 is 0. The fourth-order valence-electron chi connectivity index (χ4n) is 1.72. The molecule has 1 amide bonds. The van der Waals surface area contributed by atoms with Crippen LogP contribution in [0.5, 0.6) is 0 Å². The standard InChI is InChI=1S/C16H13Cl3N2O2/c1-10-5-6-14(13(18)7-10)21-15(22)9-23-20-8-11-3-2-4-12(17)16(11)19/h2-8H,9H2,1H3,(H,21,22)/b20-8-. The maximum absolute atomic E-state index is 11.8. The number of anilines is 1. The Kier molecular flexibility index (Phi) is 6.28. The van der Waals surface area contributed by atoms with Crippen molar-refractivity contribution in [2.75, 3.05) is 11.9 Å². The van der Waals surface area contributed by atoms with Gasteiger partial charge in [0.05, 0.1) is 27.0 Å². The normalized spacial score (nSPS) is 10.8. The van der Waals surface area contributed by atoms with Crippen molar-refractivity contribution in [1.82, 2.24) is 0 Å². The molecular formula is C16H13Cl3N2O2. The van der Waals surface area contributed by atoms with E-state index in [1.165, 1.54) is 6.21 Å². The highest BCUT2D eigenvalue weighted by molar-refractivity contribution is 6.43. The van der Waals surface area contributed by atoms with Gasteiger partial charge in [-0.3, -0.25) is 4.79 Å². The summed E-state index contributed by atoms with van der Waals surface area (Å²) >= 11 is 17.9. The Balaban J connectivity index is 1.87. The average Bonchev–Trinajstić information content (AvgIpc) is 2.50. The maximum Gasteiger partial charge on any atom is 0.265 e. The van der Waals surface area contributed by atoms with Crippen molar-refractivity contribution < 1.29 is 9.63 Å². The lowest BCUT2D eigenvalue weighted by molar-refractivity contribution is -0.120. The molecule has 0 atom stereocenters. The van der Waals surface area contributed by atoms with Crippen molar-refractivity contribution in [2.24, 2.45) is 5.16 Å². The van der Waals surface area contributed by atoms with Crippen molar-refractivity contribution in [3.05, 3.63) is 62.6 Å². The summed E-state index contributed by atoms with van der Waals surface area (Å²) in [7, 11) is 0. The summed E-state index contributed by atoms with van der Waals surface area (Å²) in [4.78, 5) is 16.7. The van der Waals surface area contributed by atoms with Gasteiger partial charge in [-0.25, -0.2) is 0 Å². The van der Waals surface area contributed by atoms with Crippen molar-refractivity contribution in [3.63, 3.8) is 0 Å². The van der Waals surface area contributed by atoms with E-state index in [2.05, 4.69) is 10.5 Å². The number of carbonyl (C=O) groups is 1. The van der Waals surface area contributed by atoms with Gasteiger partial charge in [0.25, 0.3) is 5.91 Å². The molecule has 1 N–H and O–H groups in total. The van der Waals surface area contributed by atoms with Gasteiger partial charge in [-0.2, -0.15) is 0 Å². The average molecular weight is 372 g/mol. The van der Waals surface area contributed by atoms with Crippen LogP contribution >= 0.6 is 34.8 Å². The van der Waals surface area contributed by atoms with E-state index < -0.39 is 0 Å². The van der Waals surface area contributed by atoms with Crippen LogP contribution in [0.1, 0.15) is 11.1 Å². The van der Waals surface area contributed by atoms with Gasteiger partial charge in [0.2, 0.25) is 0 Å². The molecule has 2 rings (SSSR count). The van der Waals surface area contributed by atoms with E-state index in [0.717, 1.165) is 5.56 Å². The van der Waals surface area contributed by atoms with E-state index >= 15 is 0 Å². The molecule has 2 aromatic rings. The molecule has 23 heavy (non-hydrogen) atoms. The predicted molar refractivity (Wildman–Crippen MR) is 94.8 cm³/mol. The number of oxime groups is 1. The summed E-state index contributed by atoms with van der Waals surface area (Å²) in [6.07, 6.45) is 1.39. The molecule has 0 aromatic heterocycles. The lowest BCUT2D eigenvalue weighted by Crippen LogP contribution is -2.17. The first-order valence-electron chi connectivity index (χ1n) is 6.62. The number of aryl methyl sites for hydroxylation is 1. The molecule has 0 aliphatic carbocycles. The zero-order valence-electron chi connectivity index (χ0n) is 12.1. The van der Waals surface area contributed by atoms with Gasteiger partial charge in [-0.1, -0.05) is 58.2 Å². The highest BCUT2D eigenvalue weighted by Gasteiger charge is 2.06. The Bertz CT molecular complexity index is 748. The topological polar surface area (TPSA) is 50.7 Å². The quantitative estimate of drug-likeness (QED) is 0.597. The predicted octanol–water partition coefficient (Wildman–Crippen LogP) is 4.94. The number of amides is 1. The zero-order valence-corrected chi connectivity index (χ0v) is 14.4. The van der Waals surface area contributed by atoms with Crippen molar-refractivity contribution in [1.29, 1.82) is 0 Å². The van der Waals surface area contributed by atoms with E-state index in [9.17, 15) is 4.79 Å². The Morgan fingerprint density at radius 3 is 2.74 bits per heavy atom.